The number of aliphatic carboxylic acids is 1. The lowest BCUT2D eigenvalue weighted by Gasteiger charge is -2.15. The van der Waals surface area contributed by atoms with Crippen molar-refractivity contribution in [3.05, 3.63) is 50.7 Å². The normalized spacial score (nSPS) is 11.6. The lowest BCUT2D eigenvalue weighted by molar-refractivity contribution is -0.142. The summed E-state index contributed by atoms with van der Waals surface area (Å²) in [5.74, 6) is -1.33. The van der Waals surface area contributed by atoms with Gasteiger partial charge in [-0.3, -0.25) is 4.79 Å². The Kier molecular flexibility index (Phi) is 4.11. The second-order valence-corrected chi connectivity index (χ2v) is 6.28. The Morgan fingerprint density at radius 1 is 1.50 bits per heavy atom. The van der Waals surface area contributed by atoms with Crippen LogP contribution in [0.5, 0.6) is 0 Å². The summed E-state index contributed by atoms with van der Waals surface area (Å²) in [5.41, 5.74) is -0.214. The molecule has 3 nitrogen and oxygen atoms in total. The first-order chi connectivity index (χ1) is 9.32. The number of halogens is 2. The molecule has 0 aliphatic carbocycles. The van der Waals surface area contributed by atoms with Gasteiger partial charge in [-0.05, 0) is 26.0 Å². The van der Waals surface area contributed by atoms with E-state index < -0.39 is 11.4 Å². The number of aromatic nitrogens is 1. The van der Waals surface area contributed by atoms with Gasteiger partial charge >= 0.3 is 5.97 Å². The van der Waals surface area contributed by atoms with Crippen molar-refractivity contribution >= 4 is 28.9 Å². The lowest BCUT2D eigenvalue weighted by Crippen LogP contribution is -2.28. The summed E-state index contributed by atoms with van der Waals surface area (Å²) in [6.45, 7) is 3.18. The minimum absolute atomic E-state index is 0.256. The summed E-state index contributed by atoms with van der Waals surface area (Å²) in [6, 6.07) is 4.51. The molecule has 0 amide bonds. The van der Waals surface area contributed by atoms with Crippen molar-refractivity contribution in [2.75, 3.05) is 0 Å². The highest BCUT2D eigenvalue weighted by Crippen LogP contribution is 2.28. The van der Waals surface area contributed by atoms with Crippen molar-refractivity contribution in [2.45, 2.75) is 25.7 Å². The zero-order valence-corrected chi connectivity index (χ0v) is 12.6. The van der Waals surface area contributed by atoms with E-state index in [2.05, 4.69) is 4.98 Å². The van der Waals surface area contributed by atoms with Gasteiger partial charge in [-0.25, -0.2) is 9.37 Å². The zero-order chi connectivity index (χ0) is 14.9. The van der Waals surface area contributed by atoms with Gasteiger partial charge < -0.3 is 5.11 Å². The molecule has 0 aliphatic rings. The third-order valence-corrected chi connectivity index (χ3v) is 4.32. The van der Waals surface area contributed by atoms with E-state index in [9.17, 15) is 9.18 Å². The zero-order valence-electron chi connectivity index (χ0n) is 11.0. The van der Waals surface area contributed by atoms with Gasteiger partial charge in [0.1, 0.15) is 11.2 Å². The number of hydrogen-bond acceptors (Lipinski definition) is 3. The highest BCUT2D eigenvalue weighted by Gasteiger charge is 2.32. The van der Waals surface area contributed by atoms with E-state index in [1.807, 2.05) is 0 Å². The summed E-state index contributed by atoms with van der Waals surface area (Å²) < 4.78 is 13.7. The van der Waals surface area contributed by atoms with Gasteiger partial charge in [0, 0.05) is 22.4 Å². The Bertz CT molecular complexity index is 634. The molecular formula is C14H13ClFNO2S. The highest BCUT2D eigenvalue weighted by atomic mass is 35.5. The fraction of sp³-hybridized carbons (Fsp3) is 0.286. The molecule has 0 bridgehead atoms. The summed E-state index contributed by atoms with van der Waals surface area (Å²) in [6.07, 6.45) is 0.256. The number of rotatable bonds is 4. The van der Waals surface area contributed by atoms with Gasteiger partial charge in [0.15, 0.2) is 0 Å². The molecule has 6 heteroatoms. The Morgan fingerprint density at radius 2 is 2.20 bits per heavy atom. The Morgan fingerprint density at radius 3 is 2.80 bits per heavy atom. The van der Waals surface area contributed by atoms with Crippen LogP contribution in [0.25, 0.3) is 0 Å². The second-order valence-electron chi connectivity index (χ2n) is 4.93. The van der Waals surface area contributed by atoms with Crippen LogP contribution in [0.15, 0.2) is 23.6 Å². The van der Waals surface area contributed by atoms with Crippen LogP contribution < -0.4 is 0 Å². The number of carbonyl (C=O) groups is 1. The van der Waals surface area contributed by atoms with Gasteiger partial charge in [-0.2, -0.15) is 0 Å². The summed E-state index contributed by atoms with van der Waals surface area (Å²) >= 11 is 7.28. The average Bonchev–Trinajstić information content (AvgIpc) is 2.83. The van der Waals surface area contributed by atoms with Crippen molar-refractivity contribution < 1.29 is 14.3 Å². The van der Waals surface area contributed by atoms with Crippen LogP contribution in [0.3, 0.4) is 0 Å². The molecule has 1 heterocycles. The largest absolute Gasteiger partial charge is 0.481 e. The van der Waals surface area contributed by atoms with E-state index in [-0.39, 0.29) is 12.2 Å². The molecule has 0 atom stereocenters. The number of nitrogens with zero attached hydrogens (tertiary/aromatic N) is 1. The van der Waals surface area contributed by atoms with Crippen LogP contribution in [0.2, 0.25) is 5.02 Å². The third-order valence-electron chi connectivity index (χ3n) is 3.12. The maximum Gasteiger partial charge on any atom is 0.315 e. The fourth-order valence-electron chi connectivity index (χ4n) is 1.64. The van der Waals surface area contributed by atoms with Crippen LogP contribution in [0.1, 0.15) is 30.1 Å². The fourth-order valence-corrected chi connectivity index (χ4v) is 2.84. The second kappa shape index (κ2) is 5.50. The Hall–Kier alpha value is -1.46. The highest BCUT2D eigenvalue weighted by molar-refractivity contribution is 7.09. The van der Waals surface area contributed by atoms with Crippen molar-refractivity contribution in [1.29, 1.82) is 0 Å². The van der Waals surface area contributed by atoms with Crippen molar-refractivity contribution in [3.8, 4) is 0 Å². The predicted molar refractivity (Wildman–Crippen MR) is 77.0 cm³/mol. The Labute approximate surface area is 125 Å². The van der Waals surface area contributed by atoms with E-state index in [0.29, 0.717) is 21.3 Å². The first-order valence-corrected chi connectivity index (χ1v) is 7.19. The topological polar surface area (TPSA) is 50.2 Å². The number of carboxylic acid groups (broad SMARTS) is 1. The molecule has 0 fully saturated rings. The van der Waals surface area contributed by atoms with Gasteiger partial charge in [0.25, 0.3) is 0 Å². The van der Waals surface area contributed by atoms with Crippen LogP contribution >= 0.6 is 22.9 Å². The smallest absolute Gasteiger partial charge is 0.315 e. The lowest BCUT2D eigenvalue weighted by atomic mass is 9.90. The van der Waals surface area contributed by atoms with E-state index in [4.69, 9.17) is 16.7 Å². The Balaban J connectivity index is 2.29. The van der Waals surface area contributed by atoms with Crippen molar-refractivity contribution in [3.63, 3.8) is 0 Å². The van der Waals surface area contributed by atoms with Gasteiger partial charge in [-0.15, -0.1) is 11.3 Å². The molecule has 1 aromatic heterocycles. The monoisotopic (exact) mass is 313 g/mol. The maximum absolute atomic E-state index is 13.7. The van der Waals surface area contributed by atoms with Crippen LogP contribution in [0, 0.1) is 5.82 Å². The molecule has 0 saturated carbocycles. The molecule has 0 radical (unpaired) electrons. The standard InChI is InChI=1S/C14H13ClFNO2S/c1-14(2,13(18)19)11-7-20-12(17-11)6-8-9(15)4-3-5-10(8)16/h3-5,7H,6H2,1-2H3,(H,18,19). The molecule has 0 aliphatic heterocycles. The van der Waals surface area contributed by atoms with Gasteiger partial charge in [-0.1, -0.05) is 17.7 Å². The van der Waals surface area contributed by atoms with Crippen LogP contribution in [-0.2, 0) is 16.6 Å². The molecule has 0 saturated heterocycles. The SMILES string of the molecule is CC(C)(C(=O)O)c1csc(Cc2c(F)cccc2Cl)n1. The van der Waals surface area contributed by atoms with Gasteiger partial charge in [0.05, 0.1) is 10.7 Å². The van der Waals surface area contributed by atoms with E-state index in [0.717, 1.165) is 0 Å². The minimum Gasteiger partial charge on any atom is -0.481 e. The molecular weight excluding hydrogens is 301 g/mol. The third kappa shape index (κ3) is 2.83. The predicted octanol–water partition coefficient (Wildman–Crippen LogP) is 3.89. The summed E-state index contributed by atoms with van der Waals surface area (Å²) in [7, 11) is 0. The molecule has 2 aromatic rings. The van der Waals surface area contributed by atoms with E-state index >= 15 is 0 Å². The van der Waals surface area contributed by atoms with Crippen LogP contribution in [-0.4, -0.2) is 16.1 Å². The number of benzene rings is 1. The molecule has 0 spiro atoms. The molecule has 1 aromatic carbocycles. The summed E-state index contributed by atoms with van der Waals surface area (Å²) in [4.78, 5) is 15.5. The molecule has 0 unspecified atom stereocenters. The molecule has 106 valence electrons. The minimum atomic E-state index is -1.06. The summed E-state index contributed by atoms with van der Waals surface area (Å²) in [5, 5.41) is 11.8. The van der Waals surface area contributed by atoms with Crippen molar-refractivity contribution in [2.24, 2.45) is 0 Å². The van der Waals surface area contributed by atoms with Gasteiger partial charge in [0.2, 0.25) is 0 Å². The quantitative estimate of drug-likeness (QED) is 0.931. The first-order valence-electron chi connectivity index (χ1n) is 5.93. The molecule has 1 N–H and O–H groups in total. The van der Waals surface area contributed by atoms with E-state index in [1.165, 1.54) is 17.4 Å². The van der Waals surface area contributed by atoms with E-state index in [1.54, 1.807) is 31.4 Å². The number of hydrogen-bond donors (Lipinski definition) is 1. The first kappa shape index (κ1) is 14.9. The maximum atomic E-state index is 13.7. The van der Waals surface area contributed by atoms with Crippen LogP contribution in [0.4, 0.5) is 4.39 Å². The number of carboxylic acids is 1. The number of thiazole rings is 1. The van der Waals surface area contributed by atoms with Crippen molar-refractivity contribution in [1.82, 2.24) is 4.98 Å². The molecule has 20 heavy (non-hydrogen) atoms. The average molecular weight is 314 g/mol. The molecule has 2 rings (SSSR count).